The molecule has 2 heterocycles. The van der Waals surface area contributed by atoms with Crippen LogP contribution in [-0.2, 0) is 15.1 Å². The van der Waals surface area contributed by atoms with Crippen molar-refractivity contribution in [2.45, 2.75) is 31.7 Å². The van der Waals surface area contributed by atoms with Gasteiger partial charge in [-0.15, -0.1) is 0 Å². The van der Waals surface area contributed by atoms with E-state index < -0.39 is 23.4 Å². The van der Waals surface area contributed by atoms with Crippen LogP contribution in [0.25, 0.3) is 0 Å². The molecule has 0 saturated carbocycles. The predicted octanol–water partition coefficient (Wildman–Crippen LogP) is 3.08. The van der Waals surface area contributed by atoms with Gasteiger partial charge in [-0.1, -0.05) is 30.3 Å². The summed E-state index contributed by atoms with van der Waals surface area (Å²) in [6.45, 7) is 3.43. The zero-order valence-electron chi connectivity index (χ0n) is 17.1. The van der Waals surface area contributed by atoms with Crippen molar-refractivity contribution in [2.24, 2.45) is 0 Å². The van der Waals surface area contributed by atoms with E-state index in [1.54, 1.807) is 19.1 Å². The number of urea groups is 1. The van der Waals surface area contributed by atoms with Crippen molar-refractivity contribution >= 4 is 29.2 Å². The van der Waals surface area contributed by atoms with Crippen LogP contribution in [0.4, 0.5) is 16.2 Å². The number of hydrogen-bond acceptors (Lipinski definition) is 4. The van der Waals surface area contributed by atoms with Crippen molar-refractivity contribution in [1.82, 2.24) is 10.2 Å². The SMILES string of the molecule is CC1(c2ccccc2)NC(=O)N(CC(=O)Nc2ccc(N3CCCCC3)cc2)C1=O. The summed E-state index contributed by atoms with van der Waals surface area (Å²) in [6.07, 6.45) is 3.68. The second-order valence-corrected chi connectivity index (χ2v) is 7.96. The Balaban J connectivity index is 1.39. The largest absolute Gasteiger partial charge is 0.372 e. The average molecular weight is 406 g/mol. The molecule has 2 saturated heterocycles. The fourth-order valence-electron chi connectivity index (χ4n) is 4.06. The van der Waals surface area contributed by atoms with Crippen LogP contribution >= 0.6 is 0 Å². The fourth-order valence-corrected chi connectivity index (χ4v) is 4.06. The van der Waals surface area contributed by atoms with Crippen LogP contribution in [0, 0.1) is 0 Å². The maximum atomic E-state index is 12.9. The maximum absolute atomic E-state index is 12.9. The number of anilines is 2. The lowest BCUT2D eigenvalue weighted by atomic mass is 9.92. The molecule has 0 radical (unpaired) electrons. The molecule has 2 N–H and O–H groups in total. The molecule has 2 aliphatic heterocycles. The molecule has 0 spiro atoms. The minimum atomic E-state index is -1.17. The number of nitrogens with zero attached hydrogens (tertiary/aromatic N) is 2. The highest BCUT2D eigenvalue weighted by Gasteiger charge is 2.49. The van der Waals surface area contributed by atoms with E-state index >= 15 is 0 Å². The van der Waals surface area contributed by atoms with Crippen LogP contribution in [0.15, 0.2) is 54.6 Å². The van der Waals surface area contributed by atoms with Crippen molar-refractivity contribution in [3.05, 3.63) is 60.2 Å². The molecule has 1 unspecified atom stereocenters. The van der Waals surface area contributed by atoms with Crippen LogP contribution < -0.4 is 15.5 Å². The van der Waals surface area contributed by atoms with E-state index in [1.807, 2.05) is 42.5 Å². The van der Waals surface area contributed by atoms with Gasteiger partial charge >= 0.3 is 6.03 Å². The van der Waals surface area contributed by atoms with Gasteiger partial charge in [0.1, 0.15) is 12.1 Å². The number of amides is 4. The van der Waals surface area contributed by atoms with Gasteiger partial charge in [-0.25, -0.2) is 4.79 Å². The third-order valence-corrected chi connectivity index (χ3v) is 5.80. The number of imide groups is 1. The molecule has 0 bridgehead atoms. The molecule has 1 atom stereocenters. The molecule has 4 rings (SSSR count). The standard InChI is InChI=1S/C23H26N4O3/c1-23(17-8-4-2-5-9-17)21(29)27(22(30)25-23)16-20(28)24-18-10-12-19(13-11-18)26-14-6-3-7-15-26/h2,4-5,8-13H,3,6-7,14-16H2,1H3,(H,24,28)(H,25,30). The highest BCUT2D eigenvalue weighted by atomic mass is 16.2. The lowest BCUT2D eigenvalue weighted by molar-refractivity contribution is -0.133. The van der Waals surface area contributed by atoms with Crippen molar-refractivity contribution in [2.75, 3.05) is 29.9 Å². The first-order valence-electron chi connectivity index (χ1n) is 10.3. The second kappa shape index (κ2) is 8.18. The lowest BCUT2D eigenvalue weighted by Crippen LogP contribution is -2.42. The second-order valence-electron chi connectivity index (χ2n) is 7.96. The first-order valence-corrected chi connectivity index (χ1v) is 10.3. The Morgan fingerprint density at radius 3 is 2.33 bits per heavy atom. The molecular formula is C23H26N4O3. The Kier molecular flexibility index (Phi) is 5.44. The summed E-state index contributed by atoms with van der Waals surface area (Å²) < 4.78 is 0. The number of carbonyl (C=O) groups is 3. The molecule has 2 fully saturated rings. The Morgan fingerprint density at radius 2 is 1.67 bits per heavy atom. The quantitative estimate of drug-likeness (QED) is 0.748. The summed E-state index contributed by atoms with van der Waals surface area (Å²) in [4.78, 5) is 41.1. The smallest absolute Gasteiger partial charge is 0.325 e. The van der Waals surface area contributed by atoms with Gasteiger partial charge in [-0.3, -0.25) is 14.5 Å². The van der Waals surface area contributed by atoms with Gasteiger partial charge in [0.2, 0.25) is 5.91 Å². The minimum Gasteiger partial charge on any atom is -0.372 e. The molecule has 4 amide bonds. The Labute approximate surface area is 176 Å². The molecule has 156 valence electrons. The van der Waals surface area contributed by atoms with E-state index in [0.717, 1.165) is 23.7 Å². The van der Waals surface area contributed by atoms with E-state index in [9.17, 15) is 14.4 Å². The van der Waals surface area contributed by atoms with Gasteiger partial charge in [0.15, 0.2) is 0 Å². The van der Waals surface area contributed by atoms with Crippen LogP contribution in [0.5, 0.6) is 0 Å². The molecule has 7 heteroatoms. The van der Waals surface area contributed by atoms with E-state index in [0.29, 0.717) is 11.3 Å². The molecule has 2 aromatic rings. The highest BCUT2D eigenvalue weighted by Crippen LogP contribution is 2.28. The topological polar surface area (TPSA) is 81.8 Å². The molecule has 2 aliphatic rings. The number of piperidine rings is 1. The normalized spacial score (nSPS) is 21.5. The number of nitrogens with one attached hydrogen (secondary N) is 2. The van der Waals surface area contributed by atoms with Crippen molar-refractivity contribution in [3.8, 4) is 0 Å². The molecule has 0 aromatic heterocycles. The number of hydrogen-bond donors (Lipinski definition) is 2. The van der Waals surface area contributed by atoms with Crippen molar-refractivity contribution in [3.63, 3.8) is 0 Å². The van der Waals surface area contributed by atoms with E-state index in [2.05, 4.69) is 15.5 Å². The molecule has 30 heavy (non-hydrogen) atoms. The summed E-state index contributed by atoms with van der Waals surface area (Å²) in [5, 5.41) is 5.49. The highest BCUT2D eigenvalue weighted by molar-refractivity contribution is 6.10. The molecular weight excluding hydrogens is 380 g/mol. The zero-order chi connectivity index (χ0) is 21.1. The van der Waals surface area contributed by atoms with E-state index in [4.69, 9.17) is 0 Å². The van der Waals surface area contributed by atoms with Crippen LogP contribution in [0.2, 0.25) is 0 Å². The van der Waals surface area contributed by atoms with Crippen LogP contribution in [-0.4, -0.2) is 42.4 Å². The summed E-state index contributed by atoms with van der Waals surface area (Å²) in [5.74, 6) is -0.851. The first kappa shape index (κ1) is 19.9. The average Bonchev–Trinajstić information content (AvgIpc) is 2.99. The third-order valence-electron chi connectivity index (χ3n) is 5.80. The van der Waals surface area contributed by atoms with E-state index in [-0.39, 0.29) is 6.54 Å². The number of rotatable bonds is 5. The van der Waals surface area contributed by atoms with Gasteiger partial charge in [0.25, 0.3) is 5.91 Å². The summed E-state index contributed by atoms with van der Waals surface area (Å²) in [5.41, 5.74) is 1.29. The Hall–Kier alpha value is -3.35. The van der Waals surface area contributed by atoms with Gasteiger partial charge in [0, 0.05) is 24.5 Å². The summed E-state index contributed by atoms with van der Waals surface area (Å²) in [7, 11) is 0. The third kappa shape index (κ3) is 3.87. The van der Waals surface area contributed by atoms with E-state index in [1.165, 1.54) is 19.3 Å². The monoisotopic (exact) mass is 406 g/mol. The number of carbonyl (C=O) groups excluding carboxylic acids is 3. The number of benzene rings is 2. The van der Waals surface area contributed by atoms with Crippen LogP contribution in [0.1, 0.15) is 31.7 Å². The summed E-state index contributed by atoms with van der Waals surface area (Å²) >= 11 is 0. The Bertz CT molecular complexity index is 939. The zero-order valence-corrected chi connectivity index (χ0v) is 17.1. The van der Waals surface area contributed by atoms with Crippen LogP contribution in [0.3, 0.4) is 0 Å². The summed E-state index contributed by atoms with van der Waals surface area (Å²) in [6, 6.07) is 16.1. The first-order chi connectivity index (χ1) is 14.5. The van der Waals surface area contributed by atoms with Gasteiger partial charge in [-0.05, 0) is 56.0 Å². The predicted molar refractivity (Wildman–Crippen MR) is 115 cm³/mol. The van der Waals surface area contributed by atoms with Crippen molar-refractivity contribution < 1.29 is 14.4 Å². The van der Waals surface area contributed by atoms with Crippen molar-refractivity contribution in [1.29, 1.82) is 0 Å². The maximum Gasteiger partial charge on any atom is 0.325 e. The van der Waals surface area contributed by atoms with Gasteiger partial charge in [-0.2, -0.15) is 0 Å². The minimum absolute atomic E-state index is 0.332. The van der Waals surface area contributed by atoms with Gasteiger partial charge in [0.05, 0.1) is 0 Å². The molecule has 0 aliphatic carbocycles. The molecule has 2 aromatic carbocycles. The molecule has 7 nitrogen and oxygen atoms in total. The lowest BCUT2D eigenvalue weighted by Gasteiger charge is -2.28. The Morgan fingerprint density at radius 1 is 1.00 bits per heavy atom. The fraction of sp³-hybridized carbons (Fsp3) is 0.348. The van der Waals surface area contributed by atoms with Gasteiger partial charge < -0.3 is 15.5 Å².